The molecule has 2 aliphatic rings. The maximum Gasteiger partial charge on any atom is 0.219 e. The van der Waals surface area contributed by atoms with Gasteiger partial charge in [0, 0.05) is 25.0 Å². The third-order valence-corrected chi connectivity index (χ3v) is 4.92. The van der Waals surface area contributed by atoms with Crippen LogP contribution in [0.15, 0.2) is 24.3 Å². The first kappa shape index (κ1) is 17.3. The highest BCUT2D eigenvalue weighted by Gasteiger charge is 2.15. The summed E-state index contributed by atoms with van der Waals surface area (Å²) in [5.74, 6) is 1.15. The number of hydrogen-bond acceptors (Lipinski definition) is 1. The third kappa shape index (κ3) is 6.00. The molecular weight excluding hydrogens is 294 g/mol. The lowest BCUT2D eigenvalue weighted by molar-refractivity contribution is -0.129. The largest absolute Gasteiger partial charge is 0.343 e. The number of carbonyl (C=O) groups excluding carboxylic acids is 1. The van der Waals surface area contributed by atoms with Gasteiger partial charge in [0.25, 0.3) is 0 Å². The first-order valence-electron chi connectivity index (χ1n) is 8.65. The van der Waals surface area contributed by atoms with Gasteiger partial charge in [-0.15, -0.1) is 0 Å². The Hall–Kier alpha value is -1.02. The highest BCUT2D eigenvalue weighted by molar-refractivity contribution is 6.30. The summed E-state index contributed by atoms with van der Waals surface area (Å²) in [4.78, 5) is 12.6. The fraction of sp³-hybridized carbons (Fsp3) is 0.632. The standard InChI is InChI=1S/C12H15Cl.C7H13NO/c13-12-7-3-6-11(9-12)8-10-4-1-2-5-10;1-7(9)8-5-3-2-4-6-8/h3,6-7,9-10H,1-2,4-5,8H2;2-6H2,1H3. The molecule has 0 N–H and O–H groups in total. The molecule has 0 atom stereocenters. The maximum absolute atomic E-state index is 10.7. The van der Waals surface area contributed by atoms with Crippen LogP contribution >= 0.6 is 11.6 Å². The van der Waals surface area contributed by atoms with E-state index in [4.69, 9.17) is 11.6 Å². The van der Waals surface area contributed by atoms with Gasteiger partial charge in [0.1, 0.15) is 0 Å². The summed E-state index contributed by atoms with van der Waals surface area (Å²) in [5, 5.41) is 0.871. The molecule has 1 saturated heterocycles. The van der Waals surface area contributed by atoms with E-state index in [0.717, 1.165) is 24.0 Å². The van der Waals surface area contributed by atoms with Crippen molar-refractivity contribution in [3.05, 3.63) is 34.9 Å². The number of likely N-dealkylation sites (tertiary alicyclic amines) is 1. The molecular formula is C19H28ClNO. The van der Waals surface area contributed by atoms with Crippen molar-refractivity contribution < 1.29 is 4.79 Å². The molecule has 0 aromatic heterocycles. The quantitative estimate of drug-likeness (QED) is 0.742. The molecule has 1 aromatic carbocycles. The van der Waals surface area contributed by atoms with E-state index in [2.05, 4.69) is 12.1 Å². The zero-order valence-corrected chi connectivity index (χ0v) is 14.4. The Morgan fingerprint density at radius 1 is 1.14 bits per heavy atom. The summed E-state index contributed by atoms with van der Waals surface area (Å²) in [6, 6.07) is 8.27. The van der Waals surface area contributed by atoms with Gasteiger partial charge in [-0.3, -0.25) is 4.79 Å². The van der Waals surface area contributed by atoms with E-state index in [-0.39, 0.29) is 5.91 Å². The molecule has 2 nitrogen and oxygen atoms in total. The number of amides is 1. The topological polar surface area (TPSA) is 20.3 Å². The lowest BCUT2D eigenvalue weighted by atomic mass is 9.98. The number of halogens is 1. The van der Waals surface area contributed by atoms with E-state index < -0.39 is 0 Å². The average Bonchev–Trinajstić information content (AvgIpc) is 3.02. The lowest BCUT2D eigenvalue weighted by Gasteiger charge is -2.24. The van der Waals surface area contributed by atoms with Crippen LogP contribution in [0.4, 0.5) is 0 Å². The zero-order valence-electron chi connectivity index (χ0n) is 13.7. The highest BCUT2D eigenvalue weighted by atomic mass is 35.5. The summed E-state index contributed by atoms with van der Waals surface area (Å²) in [6.45, 7) is 3.61. The molecule has 1 aromatic rings. The molecule has 122 valence electrons. The van der Waals surface area contributed by atoms with Crippen LogP contribution in [0, 0.1) is 5.92 Å². The number of nitrogens with zero attached hydrogens (tertiary/aromatic N) is 1. The SMILES string of the molecule is CC(=O)N1CCCCC1.Clc1cccc(CC2CCCC2)c1. The van der Waals surface area contributed by atoms with Crippen molar-refractivity contribution in [3.8, 4) is 0 Å². The van der Waals surface area contributed by atoms with Crippen LogP contribution in [0.5, 0.6) is 0 Å². The molecule has 1 saturated carbocycles. The predicted octanol–water partition coefficient (Wildman–Crippen LogP) is 5.09. The summed E-state index contributed by atoms with van der Waals surface area (Å²) < 4.78 is 0. The second kappa shape index (κ2) is 9.19. The van der Waals surface area contributed by atoms with E-state index in [9.17, 15) is 4.79 Å². The number of hydrogen-bond donors (Lipinski definition) is 0. The highest BCUT2D eigenvalue weighted by Crippen LogP contribution is 2.28. The van der Waals surface area contributed by atoms with E-state index in [1.165, 1.54) is 56.9 Å². The van der Waals surface area contributed by atoms with Gasteiger partial charge < -0.3 is 4.90 Å². The Kier molecular flexibility index (Phi) is 7.24. The minimum absolute atomic E-state index is 0.231. The molecule has 3 rings (SSSR count). The summed E-state index contributed by atoms with van der Waals surface area (Å²) >= 11 is 5.93. The molecule has 0 radical (unpaired) electrons. The summed E-state index contributed by atoms with van der Waals surface area (Å²) in [5.41, 5.74) is 1.40. The number of carbonyl (C=O) groups is 1. The molecule has 2 fully saturated rings. The van der Waals surface area contributed by atoms with Crippen LogP contribution in [0.2, 0.25) is 5.02 Å². The van der Waals surface area contributed by atoms with Crippen molar-refractivity contribution in [2.24, 2.45) is 5.92 Å². The molecule has 0 bridgehead atoms. The van der Waals surface area contributed by atoms with Crippen molar-refractivity contribution in [1.29, 1.82) is 0 Å². The smallest absolute Gasteiger partial charge is 0.219 e. The lowest BCUT2D eigenvalue weighted by Crippen LogP contribution is -2.33. The monoisotopic (exact) mass is 321 g/mol. The predicted molar refractivity (Wildman–Crippen MR) is 93.2 cm³/mol. The average molecular weight is 322 g/mol. The fourth-order valence-corrected chi connectivity index (χ4v) is 3.63. The van der Waals surface area contributed by atoms with Crippen LogP contribution in [0.25, 0.3) is 0 Å². The van der Waals surface area contributed by atoms with Gasteiger partial charge in [0.15, 0.2) is 0 Å². The Balaban J connectivity index is 0.000000172. The minimum atomic E-state index is 0.231. The van der Waals surface area contributed by atoms with Gasteiger partial charge in [0.2, 0.25) is 5.91 Å². The Labute approximate surface area is 139 Å². The molecule has 1 aliphatic heterocycles. The van der Waals surface area contributed by atoms with Crippen molar-refractivity contribution >= 4 is 17.5 Å². The number of piperidine rings is 1. The normalized spacial score (nSPS) is 18.7. The summed E-state index contributed by atoms with van der Waals surface area (Å²) in [6.07, 6.45) is 10.6. The molecule has 3 heteroatoms. The molecule has 1 amide bonds. The molecule has 0 unspecified atom stereocenters. The van der Waals surface area contributed by atoms with Gasteiger partial charge in [0.05, 0.1) is 0 Å². The number of rotatable bonds is 2. The van der Waals surface area contributed by atoms with Crippen molar-refractivity contribution in [3.63, 3.8) is 0 Å². The Morgan fingerprint density at radius 3 is 2.36 bits per heavy atom. The van der Waals surface area contributed by atoms with Crippen LogP contribution in [-0.4, -0.2) is 23.9 Å². The Morgan fingerprint density at radius 2 is 1.82 bits per heavy atom. The molecule has 1 aliphatic carbocycles. The minimum Gasteiger partial charge on any atom is -0.343 e. The van der Waals surface area contributed by atoms with Gasteiger partial charge in [-0.25, -0.2) is 0 Å². The second-order valence-corrected chi connectivity index (χ2v) is 6.99. The van der Waals surface area contributed by atoms with Crippen molar-refractivity contribution in [1.82, 2.24) is 4.90 Å². The van der Waals surface area contributed by atoms with E-state index >= 15 is 0 Å². The van der Waals surface area contributed by atoms with Gasteiger partial charge in [-0.05, 0) is 49.3 Å². The number of benzene rings is 1. The van der Waals surface area contributed by atoms with Gasteiger partial charge >= 0.3 is 0 Å². The van der Waals surface area contributed by atoms with Crippen molar-refractivity contribution in [2.45, 2.75) is 58.3 Å². The molecule has 1 heterocycles. The van der Waals surface area contributed by atoms with Gasteiger partial charge in [-0.2, -0.15) is 0 Å². The first-order chi connectivity index (χ1) is 10.6. The molecule has 0 spiro atoms. The van der Waals surface area contributed by atoms with Crippen LogP contribution < -0.4 is 0 Å². The fourth-order valence-electron chi connectivity index (χ4n) is 3.42. The second-order valence-electron chi connectivity index (χ2n) is 6.55. The van der Waals surface area contributed by atoms with E-state index in [0.29, 0.717) is 0 Å². The first-order valence-corrected chi connectivity index (χ1v) is 9.03. The van der Waals surface area contributed by atoms with Crippen molar-refractivity contribution in [2.75, 3.05) is 13.1 Å². The maximum atomic E-state index is 10.7. The van der Waals surface area contributed by atoms with E-state index in [1.807, 2.05) is 17.0 Å². The Bertz CT molecular complexity index is 462. The van der Waals surface area contributed by atoms with Crippen LogP contribution in [0.3, 0.4) is 0 Å². The molecule has 22 heavy (non-hydrogen) atoms. The zero-order chi connectivity index (χ0) is 15.8. The summed E-state index contributed by atoms with van der Waals surface area (Å²) in [7, 11) is 0. The third-order valence-electron chi connectivity index (χ3n) is 4.69. The van der Waals surface area contributed by atoms with Crippen LogP contribution in [-0.2, 0) is 11.2 Å². The van der Waals surface area contributed by atoms with Crippen LogP contribution in [0.1, 0.15) is 57.4 Å². The van der Waals surface area contributed by atoms with Gasteiger partial charge in [-0.1, -0.05) is 49.4 Å². The van der Waals surface area contributed by atoms with E-state index in [1.54, 1.807) is 6.92 Å².